The van der Waals surface area contributed by atoms with Gasteiger partial charge < -0.3 is 4.57 Å². The van der Waals surface area contributed by atoms with Gasteiger partial charge in [-0.1, -0.05) is 23.7 Å². The van der Waals surface area contributed by atoms with Gasteiger partial charge in [-0.2, -0.15) is 0 Å². The van der Waals surface area contributed by atoms with Crippen LogP contribution in [0.25, 0.3) is 0 Å². The third-order valence-corrected chi connectivity index (χ3v) is 2.40. The molecule has 0 N–H and O–H groups in total. The smallest absolute Gasteiger partial charge is 0.151 e. The topological polar surface area (TPSA) is 22.0 Å². The summed E-state index contributed by atoms with van der Waals surface area (Å²) in [5, 5.41) is 0.732. The third-order valence-electron chi connectivity index (χ3n) is 2.16. The van der Waals surface area contributed by atoms with Gasteiger partial charge >= 0.3 is 0 Å². The van der Waals surface area contributed by atoms with Gasteiger partial charge in [-0.15, -0.1) is 0 Å². The molecule has 76 valence electrons. The molecular weight excluding hydrogens is 210 g/mol. The summed E-state index contributed by atoms with van der Waals surface area (Å²) in [5.41, 5.74) is 1.81. The lowest BCUT2D eigenvalue weighted by atomic mass is 10.2. The minimum atomic E-state index is 0.692. The SMILES string of the molecule is O=Cc1ccn(Cc2cccc(Cl)c2)c1. The van der Waals surface area contributed by atoms with Gasteiger partial charge in [-0.3, -0.25) is 4.79 Å². The van der Waals surface area contributed by atoms with Gasteiger partial charge in [0.05, 0.1) is 0 Å². The molecule has 0 saturated heterocycles. The average molecular weight is 220 g/mol. The van der Waals surface area contributed by atoms with Crippen LogP contribution in [-0.2, 0) is 6.54 Å². The number of benzene rings is 1. The van der Waals surface area contributed by atoms with E-state index in [4.69, 9.17) is 11.6 Å². The summed E-state index contributed by atoms with van der Waals surface area (Å²) >= 11 is 5.88. The number of nitrogens with zero attached hydrogens (tertiary/aromatic N) is 1. The molecule has 2 aromatic rings. The summed E-state index contributed by atoms with van der Waals surface area (Å²) in [6.07, 6.45) is 4.53. The highest BCUT2D eigenvalue weighted by Crippen LogP contribution is 2.12. The number of halogens is 1. The normalized spacial score (nSPS) is 10.2. The van der Waals surface area contributed by atoms with Gasteiger partial charge in [0.2, 0.25) is 0 Å². The van der Waals surface area contributed by atoms with Crippen LogP contribution in [0.4, 0.5) is 0 Å². The van der Waals surface area contributed by atoms with Crippen LogP contribution in [0.15, 0.2) is 42.7 Å². The van der Waals surface area contributed by atoms with E-state index < -0.39 is 0 Å². The van der Waals surface area contributed by atoms with Crippen molar-refractivity contribution in [2.45, 2.75) is 6.54 Å². The molecule has 1 aromatic carbocycles. The third kappa shape index (κ3) is 2.48. The maximum absolute atomic E-state index is 10.5. The second-order valence-electron chi connectivity index (χ2n) is 3.36. The van der Waals surface area contributed by atoms with E-state index in [1.165, 1.54) is 0 Å². The Bertz CT molecular complexity index is 476. The lowest BCUT2D eigenvalue weighted by Crippen LogP contribution is -1.95. The first kappa shape index (κ1) is 9.99. The van der Waals surface area contributed by atoms with Crippen LogP contribution < -0.4 is 0 Å². The van der Waals surface area contributed by atoms with Gasteiger partial charge in [0, 0.05) is 29.5 Å². The fourth-order valence-corrected chi connectivity index (χ4v) is 1.69. The Hall–Kier alpha value is -1.54. The molecule has 2 rings (SSSR count). The lowest BCUT2D eigenvalue weighted by molar-refractivity contribution is 0.112. The van der Waals surface area contributed by atoms with E-state index in [0.29, 0.717) is 5.56 Å². The number of carbonyl (C=O) groups excluding carboxylic acids is 1. The number of carbonyl (C=O) groups is 1. The zero-order valence-electron chi connectivity index (χ0n) is 8.06. The number of rotatable bonds is 3. The van der Waals surface area contributed by atoms with Crippen molar-refractivity contribution < 1.29 is 4.79 Å². The summed E-state index contributed by atoms with van der Waals surface area (Å²) in [6, 6.07) is 9.48. The molecule has 0 fully saturated rings. The molecule has 0 aliphatic heterocycles. The molecule has 1 heterocycles. The van der Waals surface area contributed by atoms with Crippen molar-refractivity contribution in [2.75, 3.05) is 0 Å². The van der Waals surface area contributed by atoms with Gasteiger partial charge in [0.25, 0.3) is 0 Å². The van der Waals surface area contributed by atoms with Crippen molar-refractivity contribution in [3.63, 3.8) is 0 Å². The first-order valence-corrected chi connectivity index (χ1v) is 5.01. The second kappa shape index (κ2) is 4.32. The Morgan fingerprint density at radius 3 is 2.87 bits per heavy atom. The van der Waals surface area contributed by atoms with Crippen LogP contribution in [0.1, 0.15) is 15.9 Å². The van der Waals surface area contributed by atoms with Crippen molar-refractivity contribution in [3.05, 3.63) is 58.9 Å². The summed E-state index contributed by atoms with van der Waals surface area (Å²) in [4.78, 5) is 10.5. The van der Waals surface area contributed by atoms with Crippen molar-refractivity contribution in [1.29, 1.82) is 0 Å². The van der Waals surface area contributed by atoms with Crippen LogP contribution in [0, 0.1) is 0 Å². The summed E-state index contributed by atoms with van der Waals surface area (Å²) in [7, 11) is 0. The zero-order chi connectivity index (χ0) is 10.7. The number of aromatic nitrogens is 1. The molecule has 0 spiro atoms. The van der Waals surface area contributed by atoms with Crippen molar-refractivity contribution in [1.82, 2.24) is 4.57 Å². The number of aldehydes is 1. The molecular formula is C12H10ClNO. The first-order valence-electron chi connectivity index (χ1n) is 4.63. The highest BCUT2D eigenvalue weighted by molar-refractivity contribution is 6.30. The van der Waals surface area contributed by atoms with Crippen molar-refractivity contribution in [2.24, 2.45) is 0 Å². The van der Waals surface area contributed by atoms with Gasteiger partial charge in [-0.25, -0.2) is 0 Å². The predicted octanol–water partition coefficient (Wildman–Crippen LogP) is 3.00. The van der Waals surface area contributed by atoms with E-state index in [-0.39, 0.29) is 0 Å². The van der Waals surface area contributed by atoms with E-state index in [2.05, 4.69) is 0 Å². The molecule has 0 aliphatic carbocycles. The predicted molar refractivity (Wildman–Crippen MR) is 60.4 cm³/mol. The van der Waals surface area contributed by atoms with Crippen molar-refractivity contribution in [3.8, 4) is 0 Å². The minimum Gasteiger partial charge on any atom is -0.349 e. The van der Waals surface area contributed by atoms with Crippen LogP contribution in [0.5, 0.6) is 0 Å². The molecule has 0 radical (unpaired) electrons. The fourth-order valence-electron chi connectivity index (χ4n) is 1.47. The van der Waals surface area contributed by atoms with E-state index in [1.807, 2.05) is 41.2 Å². The average Bonchev–Trinajstić information content (AvgIpc) is 2.65. The molecule has 1 aromatic heterocycles. The van der Waals surface area contributed by atoms with Crippen LogP contribution >= 0.6 is 11.6 Å². The molecule has 0 saturated carbocycles. The first-order chi connectivity index (χ1) is 7.28. The largest absolute Gasteiger partial charge is 0.349 e. The Balaban J connectivity index is 2.18. The molecule has 15 heavy (non-hydrogen) atoms. The van der Waals surface area contributed by atoms with Crippen LogP contribution in [0.2, 0.25) is 5.02 Å². The van der Waals surface area contributed by atoms with Crippen LogP contribution in [0.3, 0.4) is 0 Å². The monoisotopic (exact) mass is 219 g/mol. The Morgan fingerprint density at radius 1 is 1.33 bits per heavy atom. The maximum atomic E-state index is 10.5. The summed E-state index contributed by atoms with van der Waals surface area (Å²) in [5.74, 6) is 0. The Kier molecular flexibility index (Phi) is 2.88. The minimum absolute atomic E-state index is 0.692. The molecule has 0 unspecified atom stereocenters. The van der Waals surface area contributed by atoms with E-state index in [0.717, 1.165) is 23.4 Å². The molecule has 0 aliphatic rings. The second-order valence-corrected chi connectivity index (χ2v) is 3.80. The number of hydrogen-bond donors (Lipinski definition) is 0. The highest BCUT2D eigenvalue weighted by atomic mass is 35.5. The van der Waals surface area contributed by atoms with E-state index in [9.17, 15) is 4.79 Å². The molecule has 0 atom stereocenters. The number of hydrogen-bond acceptors (Lipinski definition) is 1. The standard InChI is InChI=1S/C12H10ClNO/c13-12-3-1-2-10(6-12)7-14-5-4-11(8-14)9-15/h1-6,8-9H,7H2. The Morgan fingerprint density at radius 2 is 2.20 bits per heavy atom. The maximum Gasteiger partial charge on any atom is 0.151 e. The summed E-state index contributed by atoms with van der Waals surface area (Å²) < 4.78 is 1.95. The van der Waals surface area contributed by atoms with E-state index >= 15 is 0 Å². The zero-order valence-corrected chi connectivity index (χ0v) is 8.82. The summed E-state index contributed by atoms with van der Waals surface area (Å²) in [6.45, 7) is 0.731. The van der Waals surface area contributed by atoms with Gasteiger partial charge in [-0.05, 0) is 23.8 Å². The van der Waals surface area contributed by atoms with E-state index in [1.54, 1.807) is 6.07 Å². The van der Waals surface area contributed by atoms with Gasteiger partial charge in [0.1, 0.15) is 0 Å². The van der Waals surface area contributed by atoms with Crippen LogP contribution in [-0.4, -0.2) is 10.9 Å². The molecule has 0 amide bonds. The Labute approximate surface area is 93.1 Å². The fraction of sp³-hybridized carbons (Fsp3) is 0.0833. The molecule has 0 bridgehead atoms. The lowest BCUT2D eigenvalue weighted by Gasteiger charge is -2.02. The van der Waals surface area contributed by atoms with Crippen molar-refractivity contribution >= 4 is 17.9 Å². The highest BCUT2D eigenvalue weighted by Gasteiger charge is 1.97. The quantitative estimate of drug-likeness (QED) is 0.728. The molecule has 3 heteroatoms. The molecule has 2 nitrogen and oxygen atoms in total. The van der Waals surface area contributed by atoms with Gasteiger partial charge in [0.15, 0.2) is 6.29 Å².